The molecule has 6 nitrogen and oxygen atoms in total. The van der Waals surface area contributed by atoms with E-state index < -0.39 is 29.5 Å². The van der Waals surface area contributed by atoms with E-state index in [9.17, 15) is 23.9 Å². The molecule has 1 heterocycles. The monoisotopic (exact) mass is 473 g/mol. The van der Waals surface area contributed by atoms with Crippen LogP contribution in [0.15, 0.2) is 72.3 Å². The number of anilines is 1. The van der Waals surface area contributed by atoms with Gasteiger partial charge in [-0.15, -0.1) is 0 Å². The number of methoxy groups -OCH3 is 1. The lowest BCUT2D eigenvalue weighted by molar-refractivity contribution is -0.139. The van der Waals surface area contributed by atoms with Gasteiger partial charge >= 0.3 is 5.97 Å². The number of esters is 1. The topological polar surface area (TPSA) is 83.9 Å². The lowest BCUT2D eigenvalue weighted by Gasteiger charge is -2.26. The van der Waals surface area contributed by atoms with Crippen LogP contribution in [0.25, 0.3) is 5.76 Å². The Labute approximate surface area is 202 Å². The summed E-state index contributed by atoms with van der Waals surface area (Å²) in [5.41, 5.74) is 3.09. The minimum atomic E-state index is -0.895. The molecule has 0 aromatic heterocycles. The van der Waals surface area contributed by atoms with Crippen molar-refractivity contribution >= 4 is 29.1 Å². The summed E-state index contributed by atoms with van der Waals surface area (Å²) < 4.78 is 18.5. The van der Waals surface area contributed by atoms with E-state index in [0.29, 0.717) is 22.4 Å². The maximum absolute atomic E-state index is 13.8. The molecule has 1 amide bonds. The zero-order valence-corrected chi connectivity index (χ0v) is 19.5. The van der Waals surface area contributed by atoms with Gasteiger partial charge in [0.25, 0.3) is 11.7 Å². The summed E-state index contributed by atoms with van der Waals surface area (Å²) in [5, 5.41) is 11.2. The minimum absolute atomic E-state index is 0.0702. The number of ketones is 1. The highest BCUT2D eigenvalue weighted by atomic mass is 19.1. The van der Waals surface area contributed by atoms with Crippen molar-refractivity contribution in [2.24, 2.45) is 0 Å². The molecule has 178 valence electrons. The second-order valence-electron chi connectivity index (χ2n) is 8.41. The average Bonchev–Trinajstić information content (AvgIpc) is 3.11. The molecule has 0 saturated carbocycles. The van der Waals surface area contributed by atoms with Crippen LogP contribution in [0.1, 0.15) is 33.9 Å². The third-order valence-electron chi connectivity index (χ3n) is 6.15. The fourth-order valence-corrected chi connectivity index (χ4v) is 4.25. The third kappa shape index (κ3) is 4.45. The summed E-state index contributed by atoms with van der Waals surface area (Å²) in [4.78, 5) is 39.5. The van der Waals surface area contributed by atoms with E-state index in [4.69, 9.17) is 4.74 Å². The smallest absolute Gasteiger partial charge is 0.309 e. The standard InChI is InChI=1S/C28H24FNO5/c1-16-6-4-5-7-21(16)25-24(26(32)19-10-13-22(29)17(2)14-19)27(33)28(34)30(25)20-11-8-18(9-12-20)15-23(31)35-3/h4-14,25,32H,15H2,1-3H3/b26-24+. The summed E-state index contributed by atoms with van der Waals surface area (Å²) in [6.45, 7) is 3.41. The minimum Gasteiger partial charge on any atom is -0.507 e. The molecule has 1 N–H and O–H groups in total. The number of nitrogens with zero attached hydrogens (tertiary/aromatic N) is 1. The molecule has 1 aliphatic rings. The van der Waals surface area contributed by atoms with Crippen LogP contribution < -0.4 is 4.90 Å². The van der Waals surface area contributed by atoms with Crippen molar-refractivity contribution in [2.75, 3.05) is 12.0 Å². The highest BCUT2D eigenvalue weighted by molar-refractivity contribution is 6.51. The fourth-order valence-electron chi connectivity index (χ4n) is 4.25. The van der Waals surface area contributed by atoms with Crippen LogP contribution in [-0.4, -0.2) is 29.9 Å². The molecule has 4 rings (SSSR count). The lowest BCUT2D eigenvalue weighted by atomic mass is 9.92. The second kappa shape index (κ2) is 9.54. The molecule has 0 radical (unpaired) electrons. The van der Waals surface area contributed by atoms with Crippen LogP contribution >= 0.6 is 0 Å². The molecule has 3 aromatic carbocycles. The van der Waals surface area contributed by atoms with Gasteiger partial charge in [0.15, 0.2) is 0 Å². The zero-order valence-electron chi connectivity index (χ0n) is 19.5. The number of hydrogen-bond acceptors (Lipinski definition) is 5. The van der Waals surface area contributed by atoms with E-state index in [0.717, 1.165) is 5.56 Å². The highest BCUT2D eigenvalue weighted by Gasteiger charge is 2.47. The summed E-state index contributed by atoms with van der Waals surface area (Å²) >= 11 is 0. The summed E-state index contributed by atoms with van der Waals surface area (Å²) in [7, 11) is 1.31. The average molecular weight is 474 g/mol. The van der Waals surface area contributed by atoms with Crippen molar-refractivity contribution in [3.8, 4) is 0 Å². The summed E-state index contributed by atoms with van der Waals surface area (Å²) in [6.07, 6.45) is 0.0702. The van der Waals surface area contributed by atoms with E-state index in [1.807, 2.05) is 19.1 Å². The van der Waals surface area contributed by atoms with Gasteiger partial charge in [0.1, 0.15) is 11.6 Å². The van der Waals surface area contributed by atoms with Gasteiger partial charge in [-0.25, -0.2) is 4.39 Å². The van der Waals surface area contributed by atoms with Gasteiger partial charge in [-0.05, 0) is 66.4 Å². The van der Waals surface area contributed by atoms with Crippen molar-refractivity contribution in [1.29, 1.82) is 0 Å². The Morgan fingerprint density at radius 1 is 1.00 bits per heavy atom. The van der Waals surface area contributed by atoms with Crippen molar-refractivity contribution in [3.63, 3.8) is 0 Å². The fraction of sp³-hybridized carbons (Fsp3) is 0.179. The Morgan fingerprint density at radius 2 is 1.69 bits per heavy atom. The summed E-state index contributed by atoms with van der Waals surface area (Å²) in [5.74, 6) is -2.84. The van der Waals surface area contributed by atoms with Gasteiger partial charge in [-0.1, -0.05) is 36.4 Å². The van der Waals surface area contributed by atoms with E-state index in [2.05, 4.69) is 0 Å². The molecule has 1 fully saturated rings. The molecular formula is C28H24FNO5. The van der Waals surface area contributed by atoms with Crippen molar-refractivity contribution in [3.05, 3.63) is 106 Å². The number of hydrogen-bond donors (Lipinski definition) is 1. The second-order valence-corrected chi connectivity index (χ2v) is 8.41. The SMILES string of the molecule is COC(=O)Cc1ccc(N2C(=O)C(=O)/C(=C(/O)c3ccc(F)c(C)c3)C2c2ccccc2C)cc1. The lowest BCUT2D eigenvalue weighted by Crippen LogP contribution is -2.29. The maximum Gasteiger partial charge on any atom is 0.309 e. The normalized spacial score (nSPS) is 17.0. The third-order valence-corrected chi connectivity index (χ3v) is 6.15. The molecule has 0 aliphatic carbocycles. The number of carbonyl (C=O) groups excluding carboxylic acids is 3. The Hall–Kier alpha value is -4.26. The molecule has 3 aromatic rings. The predicted octanol–water partition coefficient (Wildman–Crippen LogP) is 4.78. The number of aryl methyl sites for hydroxylation is 2. The molecule has 35 heavy (non-hydrogen) atoms. The summed E-state index contributed by atoms with van der Waals surface area (Å²) in [6, 6.07) is 17.1. The quantitative estimate of drug-likeness (QED) is 0.249. The van der Waals surface area contributed by atoms with Gasteiger partial charge in [-0.2, -0.15) is 0 Å². The van der Waals surface area contributed by atoms with Crippen molar-refractivity contribution < 1.29 is 28.6 Å². The van der Waals surface area contributed by atoms with Crippen LogP contribution in [0.2, 0.25) is 0 Å². The molecule has 7 heteroatoms. The van der Waals surface area contributed by atoms with Gasteiger partial charge in [0.2, 0.25) is 0 Å². The number of rotatable bonds is 5. The Kier molecular flexibility index (Phi) is 6.51. The number of aliphatic hydroxyl groups is 1. The van der Waals surface area contributed by atoms with Gasteiger partial charge in [0, 0.05) is 11.3 Å². The molecule has 1 unspecified atom stereocenters. The number of aliphatic hydroxyl groups excluding tert-OH is 1. The van der Waals surface area contributed by atoms with Crippen LogP contribution in [0.3, 0.4) is 0 Å². The largest absolute Gasteiger partial charge is 0.507 e. The number of benzene rings is 3. The number of Topliss-reactive ketones (excluding diaryl/α,β-unsaturated/α-hetero) is 1. The Morgan fingerprint density at radius 3 is 2.31 bits per heavy atom. The van der Waals surface area contributed by atoms with Crippen LogP contribution in [0.4, 0.5) is 10.1 Å². The van der Waals surface area contributed by atoms with Gasteiger partial charge in [-0.3, -0.25) is 19.3 Å². The Bertz CT molecular complexity index is 1360. The van der Waals surface area contributed by atoms with E-state index in [1.165, 1.54) is 30.2 Å². The first-order chi connectivity index (χ1) is 16.7. The molecule has 1 atom stereocenters. The van der Waals surface area contributed by atoms with Crippen LogP contribution in [0, 0.1) is 19.7 Å². The number of ether oxygens (including phenoxy) is 1. The molecule has 0 spiro atoms. The van der Waals surface area contributed by atoms with Gasteiger partial charge < -0.3 is 9.84 Å². The van der Waals surface area contributed by atoms with Crippen LogP contribution in [-0.2, 0) is 25.5 Å². The predicted molar refractivity (Wildman–Crippen MR) is 129 cm³/mol. The molecular weight excluding hydrogens is 449 g/mol. The highest BCUT2D eigenvalue weighted by Crippen LogP contribution is 2.43. The van der Waals surface area contributed by atoms with E-state index >= 15 is 0 Å². The molecule has 1 saturated heterocycles. The first-order valence-corrected chi connectivity index (χ1v) is 11.0. The molecule has 1 aliphatic heterocycles. The van der Waals surface area contributed by atoms with E-state index in [1.54, 1.807) is 43.3 Å². The van der Waals surface area contributed by atoms with Gasteiger partial charge in [0.05, 0.1) is 25.1 Å². The van der Waals surface area contributed by atoms with E-state index in [-0.39, 0.29) is 23.3 Å². The maximum atomic E-state index is 13.8. The number of carbonyl (C=O) groups is 3. The first-order valence-electron chi connectivity index (χ1n) is 11.0. The first kappa shape index (κ1) is 23.9. The zero-order chi connectivity index (χ0) is 25.3. The molecule has 0 bridgehead atoms. The Balaban J connectivity index is 1.88. The van der Waals surface area contributed by atoms with Crippen LogP contribution in [0.5, 0.6) is 0 Å². The number of halogens is 1. The van der Waals surface area contributed by atoms with Crippen molar-refractivity contribution in [2.45, 2.75) is 26.3 Å². The number of amides is 1. The van der Waals surface area contributed by atoms with Crippen molar-refractivity contribution in [1.82, 2.24) is 0 Å².